The van der Waals surface area contributed by atoms with E-state index in [-0.39, 0.29) is 5.56 Å². The highest BCUT2D eigenvalue weighted by molar-refractivity contribution is 6.05. The number of rotatable bonds is 4. The maximum atomic E-state index is 12.6. The van der Waals surface area contributed by atoms with Crippen LogP contribution in [0.5, 0.6) is 0 Å². The molecule has 0 aliphatic rings. The number of ketones is 1. The number of benzene rings is 1. The summed E-state index contributed by atoms with van der Waals surface area (Å²) in [5, 5.41) is 6.93. The third kappa shape index (κ3) is 4.19. The van der Waals surface area contributed by atoms with Gasteiger partial charge >= 0.3 is 6.18 Å². The molecule has 1 rings (SSSR count). The highest BCUT2D eigenvalue weighted by Gasteiger charge is 2.30. The third-order valence-electron chi connectivity index (χ3n) is 2.78. The lowest BCUT2D eigenvalue weighted by Crippen LogP contribution is -2.06. The molecular weight excluding hydrogens is 267 g/mol. The quantitative estimate of drug-likeness (QED) is 0.377. The Morgan fingerprint density at radius 3 is 2.40 bits per heavy atom. The van der Waals surface area contributed by atoms with Crippen molar-refractivity contribution in [1.82, 2.24) is 0 Å². The molecule has 2 nitrogen and oxygen atoms in total. The maximum absolute atomic E-state index is 12.6. The van der Waals surface area contributed by atoms with E-state index in [0.29, 0.717) is 11.1 Å². The predicted molar refractivity (Wildman–Crippen MR) is 72.1 cm³/mol. The molecule has 0 saturated carbocycles. The molecular formula is C15H14F3NO. The van der Waals surface area contributed by atoms with Crippen LogP contribution in [0.3, 0.4) is 0 Å². The molecule has 0 heterocycles. The molecule has 0 aromatic heterocycles. The number of alkyl halides is 3. The molecule has 0 aliphatic carbocycles. The monoisotopic (exact) mass is 281 g/mol. The zero-order valence-corrected chi connectivity index (χ0v) is 11.1. The van der Waals surface area contributed by atoms with Crippen molar-refractivity contribution in [3.8, 4) is 0 Å². The molecule has 0 radical (unpaired) electrons. The first kappa shape index (κ1) is 15.9. The largest absolute Gasteiger partial charge is 0.416 e. The summed E-state index contributed by atoms with van der Waals surface area (Å²) in [5.74, 6) is -0.494. The van der Waals surface area contributed by atoms with Crippen molar-refractivity contribution in [1.29, 1.82) is 5.41 Å². The second-order valence-corrected chi connectivity index (χ2v) is 4.29. The van der Waals surface area contributed by atoms with Gasteiger partial charge in [-0.05, 0) is 49.3 Å². The van der Waals surface area contributed by atoms with E-state index in [4.69, 9.17) is 5.41 Å². The molecule has 1 N–H and O–H groups in total. The van der Waals surface area contributed by atoms with Gasteiger partial charge in [0, 0.05) is 11.8 Å². The molecule has 0 amide bonds. The molecule has 1 aromatic carbocycles. The van der Waals surface area contributed by atoms with E-state index in [9.17, 15) is 18.0 Å². The normalized spacial score (nSPS) is 13.2. The Hall–Kier alpha value is -2.17. The van der Waals surface area contributed by atoms with Gasteiger partial charge in [0.25, 0.3) is 0 Å². The van der Waals surface area contributed by atoms with E-state index in [2.05, 4.69) is 0 Å². The van der Waals surface area contributed by atoms with Gasteiger partial charge < -0.3 is 5.41 Å². The lowest BCUT2D eigenvalue weighted by molar-refractivity contribution is -0.137. The van der Waals surface area contributed by atoms with Crippen molar-refractivity contribution in [2.75, 3.05) is 0 Å². The molecule has 0 atom stereocenters. The summed E-state index contributed by atoms with van der Waals surface area (Å²) in [6, 6.07) is 4.31. The highest BCUT2D eigenvalue weighted by atomic mass is 19.4. The number of halogens is 3. The Morgan fingerprint density at radius 1 is 1.20 bits per heavy atom. The molecule has 0 aliphatic heterocycles. The number of nitrogens with one attached hydrogen (secondary N) is 1. The fraction of sp³-hybridized carbons (Fsp3) is 0.200. The minimum atomic E-state index is -4.47. The minimum absolute atomic E-state index is 0.0122. The minimum Gasteiger partial charge on any atom is -0.309 e. The van der Waals surface area contributed by atoms with Crippen molar-refractivity contribution in [2.45, 2.75) is 20.0 Å². The van der Waals surface area contributed by atoms with Crippen LogP contribution >= 0.6 is 0 Å². The summed E-state index contributed by atoms with van der Waals surface area (Å²) < 4.78 is 37.7. The van der Waals surface area contributed by atoms with Gasteiger partial charge in [0.15, 0.2) is 5.78 Å². The predicted octanol–water partition coefficient (Wildman–Crippen LogP) is 4.43. The Balaban J connectivity index is 3.08. The number of allylic oxidation sites excluding steroid dienone is 4. The van der Waals surface area contributed by atoms with Crippen LogP contribution in [0.15, 0.2) is 47.6 Å². The fourth-order valence-electron chi connectivity index (χ4n) is 1.50. The number of carbonyl (C=O) groups is 1. The van der Waals surface area contributed by atoms with Crippen LogP contribution in [0.25, 0.3) is 0 Å². The van der Waals surface area contributed by atoms with E-state index in [1.165, 1.54) is 24.3 Å². The average molecular weight is 281 g/mol. The molecule has 1 aromatic rings. The maximum Gasteiger partial charge on any atom is 0.416 e. The molecule has 0 saturated heterocycles. The summed E-state index contributed by atoms with van der Waals surface area (Å²) in [6.45, 7) is 3.39. The zero-order valence-electron chi connectivity index (χ0n) is 11.1. The molecule has 0 unspecified atom stereocenters. The van der Waals surface area contributed by atoms with Crippen LogP contribution in [0.4, 0.5) is 13.2 Å². The SMILES string of the molecule is CC(=C/C=N)/C(C)=C\C(=O)c1cccc(C(F)(F)F)c1. The van der Waals surface area contributed by atoms with Crippen molar-refractivity contribution in [3.05, 3.63) is 58.7 Å². The molecule has 0 spiro atoms. The molecule has 5 heteroatoms. The van der Waals surface area contributed by atoms with Crippen molar-refractivity contribution < 1.29 is 18.0 Å². The number of carbonyl (C=O) groups excluding carboxylic acids is 1. The Labute approximate surface area is 115 Å². The van der Waals surface area contributed by atoms with Crippen molar-refractivity contribution >= 4 is 12.0 Å². The second kappa shape index (κ2) is 6.32. The lowest BCUT2D eigenvalue weighted by Gasteiger charge is -2.07. The van der Waals surface area contributed by atoms with E-state index < -0.39 is 17.5 Å². The van der Waals surface area contributed by atoms with E-state index in [0.717, 1.165) is 18.3 Å². The zero-order chi connectivity index (χ0) is 15.3. The van der Waals surface area contributed by atoms with Crippen molar-refractivity contribution in [3.63, 3.8) is 0 Å². The highest BCUT2D eigenvalue weighted by Crippen LogP contribution is 2.29. The van der Waals surface area contributed by atoms with E-state index in [1.54, 1.807) is 13.8 Å². The average Bonchev–Trinajstić information content (AvgIpc) is 2.38. The summed E-state index contributed by atoms with van der Waals surface area (Å²) in [5.41, 5.74) is 0.458. The number of hydrogen-bond donors (Lipinski definition) is 1. The smallest absolute Gasteiger partial charge is 0.309 e. The summed E-state index contributed by atoms with van der Waals surface area (Å²) in [6.07, 6.45) is -0.609. The summed E-state index contributed by atoms with van der Waals surface area (Å²) in [4.78, 5) is 11.9. The first-order valence-corrected chi connectivity index (χ1v) is 5.83. The lowest BCUT2D eigenvalue weighted by atomic mass is 10.0. The van der Waals surface area contributed by atoms with Gasteiger partial charge in [-0.3, -0.25) is 4.79 Å². The van der Waals surface area contributed by atoms with Gasteiger partial charge in [-0.25, -0.2) is 0 Å². The van der Waals surface area contributed by atoms with E-state index in [1.807, 2.05) is 0 Å². The van der Waals surface area contributed by atoms with E-state index >= 15 is 0 Å². The van der Waals surface area contributed by atoms with Gasteiger partial charge in [0.05, 0.1) is 5.56 Å². The van der Waals surface area contributed by atoms with Crippen LogP contribution in [0.1, 0.15) is 29.8 Å². The molecule has 0 fully saturated rings. The van der Waals surface area contributed by atoms with Crippen molar-refractivity contribution in [2.24, 2.45) is 0 Å². The van der Waals surface area contributed by atoms with Crippen LogP contribution in [-0.4, -0.2) is 12.0 Å². The van der Waals surface area contributed by atoms with Crippen LogP contribution in [-0.2, 0) is 6.18 Å². The van der Waals surface area contributed by atoms with Gasteiger partial charge in [-0.15, -0.1) is 0 Å². The van der Waals surface area contributed by atoms with Gasteiger partial charge in [-0.1, -0.05) is 12.1 Å². The molecule has 106 valence electrons. The molecule has 0 bridgehead atoms. The Morgan fingerprint density at radius 2 is 1.85 bits per heavy atom. The standard InChI is InChI=1S/C15H14F3NO/c1-10(6-7-19)11(2)8-14(20)12-4-3-5-13(9-12)15(16,17)18/h3-9,19H,1-2H3/b10-6-,11-8-,19-7?. The fourth-order valence-corrected chi connectivity index (χ4v) is 1.50. The molecule has 20 heavy (non-hydrogen) atoms. The Kier molecular flexibility index (Phi) is 5.02. The first-order chi connectivity index (χ1) is 9.25. The topological polar surface area (TPSA) is 40.9 Å². The summed E-state index contributed by atoms with van der Waals surface area (Å²) in [7, 11) is 0. The van der Waals surface area contributed by atoms with Crippen LogP contribution in [0, 0.1) is 5.41 Å². The van der Waals surface area contributed by atoms with Crippen LogP contribution < -0.4 is 0 Å². The second-order valence-electron chi connectivity index (χ2n) is 4.29. The van der Waals surface area contributed by atoms with Gasteiger partial charge in [0.2, 0.25) is 0 Å². The van der Waals surface area contributed by atoms with Crippen LogP contribution in [0.2, 0.25) is 0 Å². The number of hydrogen-bond acceptors (Lipinski definition) is 2. The third-order valence-corrected chi connectivity index (χ3v) is 2.78. The van der Waals surface area contributed by atoms with Gasteiger partial charge in [-0.2, -0.15) is 13.2 Å². The van der Waals surface area contributed by atoms with Gasteiger partial charge in [0.1, 0.15) is 0 Å². The first-order valence-electron chi connectivity index (χ1n) is 5.83. The Bertz CT molecular complexity index is 583. The summed E-state index contributed by atoms with van der Waals surface area (Å²) >= 11 is 0.